The lowest BCUT2D eigenvalue weighted by Gasteiger charge is -2.38. The van der Waals surface area contributed by atoms with Crippen molar-refractivity contribution in [3.8, 4) is 17.0 Å². The Bertz CT molecular complexity index is 1270. The molecule has 0 N–H and O–H groups in total. The lowest BCUT2D eigenvalue weighted by atomic mass is 10.1. The molecule has 0 bridgehead atoms. The summed E-state index contributed by atoms with van der Waals surface area (Å²) in [7, 11) is -2.09. The van der Waals surface area contributed by atoms with Gasteiger partial charge in [-0.25, -0.2) is 14.2 Å². The Hall–Kier alpha value is -2.97. The molecule has 1 aromatic heterocycles. The van der Waals surface area contributed by atoms with Gasteiger partial charge in [-0.2, -0.15) is 0 Å². The summed E-state index contributed by atoms with van der Waals surface area (Å²) in [6.45, 7) is 18.2. The molecule has 0 radical (unpaired) electrons. The van der Waals surface area contributed by atoms with Crippen LogP contribution in [0.15, 0.2) is 54.6 Å². The molecule has 0 aliphatic carbocycles. The lowest BCUT2D eigenvalue weighted by molar-refractivity contribution is 0.0582. The first-order valence-corrected chi connectivity index (χ1v) is 16.4. The standard InChI is InChI=1S/C31H43FN2O4Si/c1-10-34(29(35)37-30(2,3)4)24-14-11-22(12-15-24)27-17-13-23-19-25(16-18-28(23)33-27)36-21-26(20-32)38-39(8,9)31(5,6)7/h11-19,26H,10,20-21H2,1-9H3. The topological polar surface area (TPSA) is 60.9 Å². The molecule has 0 spiro atoms. The van der Waals surface area contributed by atoms with Gasteiger partial charge in [-0.3, -0.25) is 4.90 Å². The van der Waals surface area contributed by atoms with Crippen molar-refractivity contribution >= 4 is 31.0 Å². The van der Waals surface area contributed by atoms with Crippen molar-refractivity contribution in [3.05, 3.63) is 54.6 Å². The van der Waals surface area contributed by atoms with E-state index in [9.17, 15) is 9.18 Å². The molecule has 0 aliphatic rings. The van der Waals surface area contributed by atoms with Crippen LogP contribution in [-0.2, 0) is 9.16 Å². The van der Waals surface area contributed by atoms with Crippen LogP contribution in [-0.4, -0.2) is 50.9 Å². The molecular weight excluding hydrogens is 511 g/mol. The van der Waals surface area contributed by atoms with Gasteiger partial charge < -0.3 is 13.9 Å². The summed E-state index contributed by atoms with van der Waals surface area (Å²) in [4.78, 5) is 19.0. The monoisotopic (exact) mass is 554 g/mol. The number of alkyl halides is 1. The van der Waals surface area contributed by atoms with Crippen LogP contribution in [0.25, 0.3) is 22.2 Å². The SMILES string of the molecule is CCN(C(=O)OC(C)(C)C)c1ccc(-c2ccc3cc(OCC(CF)O[Si](C)(C)C(C)(C)C)ccc3n2)cc1. The Morgan fingerprint density at radius 1 is 1.00 bits per heavy atom. The van der Waals surface area contributed by atoms with E-state index in [1.807, 2.05) is 82.3 Å². The molecule has 1 heterocycles. The number of hydrogen-bond acceptors (Lipinski definition) is 5. The van der Waals surface area contributed by atoms with Crippen LogP contribution in [0.3, 0.4) is 0 Å². The molecule has 0 aliphatic heterocycles. The number of halogens is 1. The number of carbonyl (C=O) groups is 1. The van der Waals surface area contributed by atoms with E-state index in [0.717, 1.165) is 27.8 Å². The van der Waals surface area contributed by atoms with E-state index in [1.165, 1.54) is 0 Å². The number of ether oxygens (including phenoxy) is 2. The molecule has 1 amide bonds. The fraction of sp³-hybridized carbons (Fsp3) is 0.484. The van der Waals surface area contributed by atoms with E-state index in [-0.39, 0.29) is 17.7 Å². The summed E-state index contributed by atoms with van der Waals surface area (Å²) in [5, 5.41) is 0.928. The van der Waals surface area contributed by atoms with Gasteiger partial charge in [0.2, 0.25) is 0 Å². The zero-order valence-electron chi connectivity index (χ0n) is 24.8. The van der Waals surface area contributed by atoms with Crippen molar-refractivity contribution in [3.63, 3.8) is 0 Å². The Morgan fingerprint density at radius 2 is 1.67 bits per heavy atom. The lowest BCUT2D eigenvalue weighted by Crippen LogP contribution is -2.46. The van der Waals surface area contributed by atoms with E-state index < -0.39 is 26.7 Å². The van der Waals surface area contributed by atoms with Crippen LogP contribution in [0, 0.1) is 0 Å². The average molecular weight is 555 g/mol. The van der Waals surface area contributed by atoms with Gasteiger partial charge in [0.1, 0.15) is 30.7 Å². The minimum Gasteiger partial charge on any atom is -0.491 e. The number of anilines is 1. The van der Waals surface area contributed by atoms with Crippen molar-refractivity contribution in [1.29, 1.82) is 0 Å². The summed E-state index contributed by atoms with van der Waals surface area (Å²) in [5.74, 6) is 0.653. The van der Waals surface area contributed by atoms with Gasteiger partial charge >= 0.3 is 6.09 Å². The summed E-state index contributed by atoms with van der Waals surface area (Å²) >= 11 is 0. The first-order valence-electron chi connectivity index (χ1n) is 13.5. The second-order valence-electron chi connectivity index (χ2n) is 12.3. The molecule has 8 heteroatoms. The Balaban J connectivity index is 1.71. The first-order chi connectivity index (χ1) is 18.1. The van der Waals surface area contributed by atoms with Crippen molar-refractivity contribution in [1.82, 2.24) is 4.98 Å². The highest BCUT2D eigenvalue weighted by atomic mass is 28.4. The Morgan fingerprint density at radius 3 is 2.23 bits per heavy atom. The van der Waals surface area contributed by atoms with Gasteiger partial charge in [0.25, 0.3) is 0 Å². The predicted molar refractivity (Wildman–Crippen MR) is 160 cm³/mol. The van der Waals surface area contributed by atoms with E-state index in [1.54, 1.807) is 4.90 Å². The third-order valence-corrected chi connectivity index (χ3v) is 11.5. The van der Waals surface area contributed by atoms with Gasteiger partial charge in [0.15, 0.2) is 8.32 Å². The quantitative estimate of drug-likeness (QED) is 0.249. The minimum atomic E-state index is -2.09. The van der Waals surface area contributed by atoms with Crippen LogP contribution in [0.1, 0.15) is 48.5 Å². The first kappa shape index (κ1) is 30.6. The minimum absolute atomic E-state index is 0.000543. The summed E-state index contributed by atoms with van der Waals surface area (Å²) in [6.07, 6.45) is -0.965. The third kappa shape index (κ3) is 8.02. The molecule has 0 saturated heterocycles. The number of amides is 1. The molecule has 2 aromatic carbocycles. The van der Waals surface area contributed by atoms with E-state index in [4.69, 9.17) is 18.9 Å². The second kappa shape index (κ2) is 12.0. The van der Waals surface area contributed by atoms with Crippen molar-refractivity contribution in [2.75, 3.05) is 24.7 Å². The van der Waals surface area contributed by atoms with E-state index >= 15 is 0 Å². The zero-order valence-corrected chi connectivity index (χ0v) is 25.8. The van der Waals surface area contributed by atoms with Crippen molar-refractivity contribution < 1.29 is 23.1 Å². The van der Waals surface area contributed by atoms with Crippen LogP contribution < -0.4 is 9.64 Å². The number of carbonyl (C=O) groups excluding carboxylic acids is 1. The number of aromatic nitrogens is 1. The highest BCUT2D eigenvalue weighted by Crippen LogP contribution is 2.37. The maximum atomic E-state index is 13.7. The van der Waals surface area contributed by atoms with Gasteiger partial charge in [-0.05, 0) is 82.2 Å². The Kier molecular flexibility index (Phi) is 9.44. The number of fused-ring (bicyclic) bond motifs is 1. The van der Waals surface area contributed by atoms with Crippen LogP contribution in [0.2, 0.25) is 18.1 Å². The summed E-state index contributed by atoms with van der Waals surface area (Å²) in [6, 6.07) is 17.3. The van der Waals surface area contributed by atoms with Gasteiger partial charge in [0.05, 0.1) is 11.2 Å². The molecule has 39 heavy (non-hydrogen) atoms. The van der Waals surface area contributed by atoms with Gasteiger partial charge in [-0.15, -0.1) is 0 Å². The Labute approximate surface area is 233 Å². The molecule has 212 valence electrons. The molecule has 3 rings (SSSR count). The number of hydrogen-bond donors (Lipinski definition) is 0. The molecule has 1 unspecified atom stereocenters. The molecular formula is C31H43FN2O4Si. The van der Waals surface area contributed by atoms with Crippen LogP contribution in [0.4, 0.5) is 14.9 Å². The van der Waals surface area contributed by atoms with Gasteiger partial charge in [0, 0.05) is 23.2 Å². The van der Waals surface area contributed by atoms with E-state index in [0.29, 0.717) is 12.3 Å². The zero-order chi connectivity index (χ0) is 29.0. The highest BCUT2D eigenvalue weighted by Gasteiger charge is 2.39. The maximum Gasteiger partial charge on any atom is 0.414 e. The fourth-order valence-corrected chi connectivity index (χ4v) is 5.11. The van der Waals surface area contributed by atoms with Crippen LogP contribution in [0.5, 0.6) is 5.75 Å². The number of nitrogens with zero attached hydrogens (tertiary/aromatic N) is 2. The molecule has 0 fully saturated rings. The highest BCUT2D eigenvalue weighted by molar-refractivity contribution is 6.74. The average Bonchev–Trinajstić information content (AvgIpc) is 2.85. The van der Waals surface area contributed by atoms with Crippen LogP contribution >= 0.6 is 0 Å². The van der Waals surface area contributed by atoms with E-state index in [2.05, 4.69) is 33.9 Å². The maximum absolute atomic E-state index is 13.7. The van der Waals surface area contributed by atoms with Crippen molar-refractivity contribution in [2.45, 2.75) is 78.3 Å². The van der Waals surface area contributed by atoms with Crippen molar-refractivity contribution in [2.24, 2.45) is 0 Å². The number of benzene rings is 2. The van der Waals surface area contributed by atoms with Gasteiger partial charge in [-0.1, -0.05) is 39.0 Å². The molecule has 0 saturated carbocycles. The molecule has 6 nitrogen and oxygen atoms in total. The number of pyridine rings is 1. The summed E-state index contributed by atoms with van der Waals surface area (Å²) < 4.78 is 31.4. The summed E-state index contributed by atoms with van der Waals surface area (Å²) in [5.41, 5.74) is 2.80. The second-order valence-corrected chi connectivity index (χ2v) is 17.0. The smallest absolute Gasteiger partial charge is 0.414 e. The molecule has 3 aromatic rings. The number of rotatable bonds is 9. The molecule has 1 atom stereocenters. The fourth-order valence-electron chi connectivity index (χ4n) is 3.79. The normalized spacial score (nSPS) is 13.3. The third-order valence-electron chi connectivity index (χ3n) is 6.94. The predicted octanol–water partition coefficient (Wildman–Crippen LogP) is 8.40. The largest absolute Gasteiger partial charge is 0.491 e.